The SMILES string of the molecule is COCCOCCOCCOCCOCC[N+](CCOCCOCCOCCOCCOC)=c1ccc2c(C(C)(C)C)cc(C=CC=C3N(CCCCCC(=O)On4c(O)ccc4O)c4ccc(S(=O)(=O)O)cc4C3(C)C)oc-2c1. The van der Waals surface area contributed by atoms with Crippen LogP contribution in [0.4, 0.5) is 5.69 Å². The van der Waals surface area contributed by atoms with Crippen LogP contribution in [0.2, 0.25) is 0 Å². The Morgan fingerprint density at radius 3 is 1.68 bits per heavy atom. The molecule has 3 heterocycles. The molecule has 3 N–H and O–H groups in total. The molecule has 0 bridgehead atoms. The Morgan fingerprint density at radius 1 is 0.662 bits per heavy atom. The van der Waals surface area contributed by atoms with Crippen molar-refractivity contribution in [3.05, 3.63) is 94.7 Å². The zero-order valence-electron chi connectivity index (χ0n) is 47.8. The molecule has 22 heteroatoms. The molecule has 5 rings (SSSR count). The zero-order chi connectivity index (χ0) is 57.8. The Hall–Kier alpha value is -5.21. The van der Waals surface area contributed by atoms with Crippen molar-refractivity contribution in [2.45, 2.75) is 76.0 Å². The third kappa shape index (κ3) is 21.6. The van der Waals surface area contributed by atoms with Gasteiger partial charge in [0.2, 0.25) is 17.1 Å². The number of carbonyl (C=O) groups excluding carboxylic acids is 1. The molecule has 0 unspecified atom stereocenters. The number of hydrogen-bond acceptors (Lipinski definition) is 18. The first-order valence-electron chi connectivity index (χ1n) is 27.3. The van der Waals surface area contributed by atoms with Crippen LogP contribution in [0.3, 0.4) is 0 Å². The van der Waals surface area contributed by atoms with Crippen LogP contribution in [0.15, 0.2) is 81.8 Å². The molecular formula is C58H86N3O18S+. The molecule has 0 atom stereocenters. The van der Waals surface area contributed by atoms with Crippen molar-refractivity contribution in [1.82, 2.24) is 9.31 Å². The fourth-order valence-corrected chi connectivity index (χ4v) is 9.28. The monoisotopic (exact) mass is 1140 g/mol. The zero-order valence-corrected chi connectivity index (χ0v) is 48.6. The number of nitrogens with zero attached hydrogens (tertiary/aromatic N) is 3. The van der Waals surface area contributed by atoms with E-state index in [1.54, 1.807) is 20.3 Å². The third-order valence-electron chi connectivity index (χ3n) is 13.0. The summed E-state index contributed by atoms with van der Waals surface area (Å²) in [6.45, 7) is 20.7. The second-order valence-electron chi connectivity index (χ2n) is 20.3. The number of aromatic hydroxyl groups is 2. The molecule has 2 aromatic rings. The van der Waals surface area contributed by atoms with Gasteiger partial charge < -0.3 is 71.7 Å². The molecule has 0 saturated carbocycles. The maximum atomic E-state index is 12.5. The maximum absolute atomic E-state index is 12.5. The van der Waals surface area contributed by atoms with Crippen molar-refractivity contribution < 1.29 is 84.6 Å². The molecule has 21 nitrogen and oxygen atoms in total. The van der Waals surface area contributed by atoms with Crippen molar-refractivity contribution in [3.8, 4) is 23.1 Å². The van der Waals surface area contributed by atoms with Crippen LogP contribution >= 0.6 is 0 Å². The summed E-state index contributed by atoms with van der Waals surface area (Å²) in [6.07, 6.45) is 7.68. The van der Waals surface area contributed by atoms with Crippen molar-refractivity contribution in [2.24, 2.45) is 0 Å². The number of anilines is 1. The highest BCUT2D eigenvalue weighted by atomic mass is 32.2. The van der Waals surface area contributed by atoms with Crippen molar-refractivity contribution in [2.75, 3.05) is 158 Å². The third-order valence-corrected chi connectivity index (χ3v) is 13.8. The first-order chi connectivity index (χ1) is 38.4. The summed E-state index contributed by atoms with van der Waals surface area (Å²) in [5.74, 6) is -0.0772. The van der Waals surface area contributed by atoms with E-state index in [4.69, 9.17) is 56.6 Å². The van der Waals surface area contributed by atoms with E-state index in [1.165, 1.54) is 24.3 Å². The second-order valence-corrected chi connectivity index (χ2v) is 21.7. The summed E-state index contributed by atoms with van der Waals surface area (Å²) >= 11 is 0. The van der Waals surface area contributed by atoms with Gasteiger partial charge in [-0.3, -0.25) is 4.55 Å². The van der Waals surface area contributed by atoms with Crippen LogP contribution in [0.5, 0.6) is 11.8 Å². The Morgan fingerprint density at radius 2 is 1.18 bits per heavy atom. The molecule has 446 valence electrons. The molecule has 0 radical (unpaired) electrons. The number of aromatic nitrogens is 1. The van der Waals surface area contributed by atoms with E-state index >= 15 is 0 Å². The molecule has 0 amide bonds. The van der Waals surface area contributed by atoms with E-state index in [2.05, 4.69) is 54.5 Å². The minimum atomic E-state index is -4.48. The summed E-state index contributed by atoms with van der Waals surface area (Å²) in [5.41, 5.74) is 3.56. The van der Waals surface area contributed by atoms with E-state index in [1.807, 2.05) is 32.1 Å². The number of rotatable bonds is 40. The first-order valence-corrected chi connectivity index (χ1v) is 28.7. The van der Waals surface area contributed by atoms with Gasteiger partial charge in [0, 0.05) is 67.7 Å². The average molecular weight is 1150 g/mol. The van der Waals surface area contributed by atoms with Crippen LogP contribution in [0.1, 0.15) is 77.2 Å². The smallest absolute Gasteiger partial charge is 0.333 e. The molecule has 80 heavy (non-hydrogen) atoms. The Bertz CT molecular complexity index is 2640. The summed E-state index contributed by atoms with van der Waals surface area (Å²) in [6, 6.07) is 15.4. The van der Waals surface area contributed by atoms with Crippen LogP contribution < -0.4 is 19.7 Å². The van der Waals surface area contributed by atoms with Gasteiger partial charge in [-0.05, 0) is 71.9 Å². The molecule has 3 aliphatic rings. The number of benzene rings is 2. The van der Waals surface area contributed by atoms with E-state index in [0.29, 0.717) is 174 Å². The molecule has 0 saturated heterocycles. The highest BCUT2D eigenvalue weighted by molar-refractivity contribution is 7.85. The topological polar surface area (TPSA) is 238 Å². The molecule has 1 aromatic carbocycles. The van der Waals surface area contributed by atoms with Crippen molar-refractivity contribution in [3.63, 3.8) is 0 Å². The Labute approximate surface area is 471 Å². The number of unbranched alkanes of at least 4 members (excludes halogenated alkanes) is 2. The van der Waals surface area contributed by atoms with E-state index < -0.39 is 33.3 Å². The number of carbonyl (C=O) groups is 1. The van der Waals surface area contributed by atoms with Crippen LogP contribution in [-0.2, 0) is 73.1 Å². The number of ether oxygens (including phenoxy) is 10. The molecule has 1 aliphatic carbocycles. The summed E-state index contributed by atoms with van der Waals surface area (Å²) in [4.78, 5) is 19.6. The highest BCUT2D eigenvalue weighted by Crippen LogP contribution is 2.48. The lowest BCUT2D eigenvalue weighted by atomic mass is 9.82. The van der Waals surface area contributed by atoms with Crippen LogP contribution in [0, 0.1) is 0 Å². The molecule has 1 aromatic heterocycles. The summed E-state index contributed by atoms with van der Waals surface area (Å²) in [7, 11) is -1.20. The average Bonchev–Trinajstić information content (AvgIpc) is 4.06. The number of fused-ring (bicyclic) bond motifs is 2. The summed E-state index contributed by atoms with van der Waals surface area (Å²) in [5, 5.41) is 20.6. The van der Waals surface area contributed by atoms with Crippen LogP contribution in [-0.4, -0.2) is 187 Å². The van der Waals surface area contributed by atoms with E-state index in [9.17, 15) is 28.0 Å². The highest BCUT2D eigenvalue weighted by Gasteiger charge is 2.40. The maximum Gasteiger partial charge on any atom is 0.333 e. The number of hydrogen-bond donors (Lipinski definition) is 3. The normalized spacial score (nSPS) is 14.1. The van der Waals surface area contributed by atoms with Gasteiger partial charge in [-0.1, -0.05) is 47.1 Å². The van der Waals surface area contributed by atoms with Gasteiger partial charge in [0.25, 0.3) is 10.1 Å². The molecular weight excluding hydrogens is 1060 g/mol. The number of methoxy groups -OCH3 is 2. The van der Waals surface area contributed by atoms with E-state index in [-0.39, 0.29) is 16.7 Å². The quantitative estimate of drug-likeness (QED) is 0.0253. The second kappa shape index (κ2) is 34.3. The molecule has 0 fully saturated rings. The van der Waals surface area contributed by atoms with Gasteiger partial charge in [-0.2, -0.15) is 8.42 Å². The van der Waals surface area contributed by atoms with E-state index in [0.717, 1.165) is 33.4 Å². The van der Waals surface area contributed by atoms with Gasteiger partial charge >= 0.3 is 5.97 Å². The lowest BCUT2D eigenvalue weighted by Gasteiger charge is -2.27. The van der Waals surface area contributed by atoms with Crippen molar-refractivity contribution >= 4 is 27.9 Å². The lowest BCUT2D eigenvalue weighted by molar-refractivity contribution is -0.145. The Balaban J connectivity index is 1.31. The van der Waals surface area contributed by atoms with Gasteiger partial charge in [0.05, 0.1) is 117 Å². The minimum Gasteiger partial charge on any atom is -0.492 e. The van der Waals surface area contributed by atoms with Gasteiger partial charge in [0.15, 0.2) is 13.1 Å². The van der Waals surface area contributed by atoms with Gasteiger partial charge in [0.1, 0.15) is 24.7 Å². The fourth-order valence-electron chi connectivity index (χ4n) is 8.77. The van der Waals surface area contributed by atoms with Gasteiger partial charge in [-0.25, -0.2) is 9.37 Å². The lowest BCUT2D eigenvalue weighted by Crippen LogP contribution is -2.36. The molecule has 2 aliphatic heterocycles. The largest absolute Gasteiger partial charge is 0.492 e. The molecule has 0 spiro atoms. The fraction of sp³-hybridized carbons (Fsp3) is 0.586. The summed E-state index contributed by atoms with van der Waals surface area (Å²) < 4.78 is 99.7. The standard InChI is InChI=1S/C58H85N3O18S/c1-57(2,3)49-43-46(12-11-13-53-58(4,5)50-44-47(80(65,66)67)16-18-51(50)60(53)21-10-8-9-14-56(64)79-61-54(62)19-20-55(61)63)78-52-42-45(15-17-48(49)52)59(22-24-70-30-32-74-38-40-76-36-34-72-28-26-68-6)23-25-71-31-33-75-39-41-77-37-35-73-29-27-69-7/h11-13,15-20,42-44H,8-10,14,21-41H2,1-7H3,(H2-,62,63,65,66,67)/p+1. The Kier molecular flexibility index (Phi) is 28.1. The minimum absolute atomic E-state index is 0.0549. The van der Waals surface area contributed by atoms with Gasteiger partial charge in [-0.15, -0.1) is 4.73 Å². The van der Waals surface area contributed by atoms with Crippen LogP contribution in [0.25, 0.3) is 17.4 Å². The first kappa shape index (κ1) is 65.6. The van der Waals surface area contributed by atoms with Crippen molar-refractivity contribution in [1.29, 1.82) is 0 Å². The predicted octanol–water partition coefficient (Wildman–Crippen LogP) is 6.25. The predicted molar refractivity (Wildman–Crippen MR) is 301 cm³/mol. The number of allylic oxidation sites excluding steroid dienone is 3.